The highest BCUT2D eigenvalue weighted by molar-refractivity contribution is 6.31. The molecule has 0 aliphatic heterocycles. The third-order valence-electron chi connectivity index (χ3n) is 2.14. The van der Waals surface area contributed by atoms with Crippen LogP contribution in [0.1, 0.15) is 5.56 Å². The normalized spacial score (nSPS) is 10.3. The quantitative estimate of drug-likeness (QED) is 0.838. The first-order chi connectivity index (χ1) is 8.16. The van der Waals surface area contributed by atoms with Gasteiger partial charge in [0.15, 0.2) is 0 Å². The minimum Gasteiger partial charge on any atom is -0.489 e. The summed E-state index contributed by atoms with van der Waals surface area (Å²) in [7, 11) is 0. The van der Waals surface area contributed by atoms with Gasteiger partial charge in [0.25, 0.3) is 0 Å². The van der Waals surface area contributed by atoms with Crippen LogP contribution in [-0.2, 0) is 6.61 Å². The summed E-state index contributed by atoms with van der Waals surface area (Å²) in [6, 6.07) is 6.02. The van der Waals surface area contributed by atoms with Crippen LogP contribution in [0.3, 0.4) is 0 Å². The number of pyridine rings is 1. The van der Waals surface area contributed by atoms with Crippen molar-refractivity contribution in [2.75, 3.05) is 0 Å². The van der Waals surface area contributed by atoms with Gasteiger partial charge in [-0.2, -0.15) is 0 Å². The Hall–Kier alpha value is -1.32. The van der Waals surface area contributed by atoms with Crippen LogP contribution in [0.4, 0.5) is 4.39 Å². The maximum Gasteiger partial charge on any atom is 0.145 e. The van der Waals surface area contributed by atoms with E-state index in [-0.39, 0.29) is 11.6 Å². The van der Waals surface area contributed by atoms with E-state index in [0.717, 1.165) is 5.56 Å². The lowest BCUT2D eigenvalue weighted by Crippen LogP contribution is -1.97. The fourth-order valence-corrected chi connectivity index (χ4v) is 1.54. The van der Waals surface area contributed by atoms with Crippen LogP contribution in [0, 0.1) is 5.82 Å². The summed E-state index contributed by atoms with van der Waals surface area (Å²) in [5, 5.41) is 0.584. The molecule has 0 atom stereocenters. The molecule has 0 saturated heterocycles. The first kappa shape index (κ1) is 12.1. The van der Waals surface area contributed by atoms with Crippen LogP contribution in [-0.4, -0.2) is 4.98 Å². The molecule has 2 nitrogen and oxygen atoms in total. The maximum absolute atomic E-state index is 13.1. The number of ether oxygens (including phenoxy) is 1. The highest BCUT2D eigenvalue weighted by atomic mass is 35.5. The van der Waals surface area contributed by atoms with Gasteiger partial charge in [0.1, 0.15) is 18.2 Å². The average Bonchev–Trinajstić information content (AvgIpc) is 2.32. The van der Waals surface area contributed by atoms with Crippen LogP contribution >= 0.6 is 23.2 Å². The second-order valence-electron chi connectivity index (χ2n) is 3.33. The van der Waals surface area contributed by atoms with Gasteiger partial charge in [-0.15, -0.1) is 0 Å². The Morgan fingerprint density at radius 2 is 2.00 bits per heavy atom. The average molecular weight is 272 g/mol. The largest absolute Gasteiger partial charge is 0.489 e. The lowest BCUT2D eigenvalue weighted by molar-refractivity contribution is 0.304. The SMILES string of the molecule is Fc1cc(OCc2ccncc2Cl)ccc1Cl. The first-order valence-electron chi connectivity index (χ1n) is 4.83. The molecule has 2 rings (SSSR count). The molecule has 0 unspecified atom stereocenters. The molecular formula is C12H8Cl2FNO. The Morgan fingerprint density at radius 1 is 1.18 bits per heavy atom. The van der Waals surface area contributed by atoms with Crippen LogP contribution in [0.5, 0.6) is 5.75 Å². The lowest BCUT2D eigenvalue weighted by Gasteiger charge is -2.07. The van der Waals surface area contributed by atoms with Crippen molar-refractivity contribution in [1.82, 2.24) is 4.98 Å². The molecule has 0 radical (unpaired) electrons. The molecule has 1 aromatic heterocycles. The van der Waals surface area contributed by atoms with Gasteiger partial charge >= 0.3 is 0 Å². The number of benzene rings is 1. The van der Waals surface area contributed by atoms with Crippen LogP contribution in [0.15, 0.2) is 36.7 Å². The Morgan fingerprint density at radius 3 is 2.71 bits per heavy atom. The molecule has 1 aromatic carbocycles. The second kappa shape index (κ2) is 5.34. The molecule has 1 heterocycles. The van der Waals surface area contributed by atoms with Crippen molar-refractivity contribution in [3.05, 3.63) is 58.1 Å². The van der Waals surface area contributed by atoms with Crippen molar-refractivity contribution in [2.45, 2.75) is 6.61 Å². The Balaban J connectivity index is 2.08. The van der Waals surface area contributed by atoms with E-state index in [1.54, 1.807) is 18.3 Å². The summed E-state index contributed by atoms with van der Waals surface area (Å²) >= 11 is 11.5. The molecule has 88 valence electrons. The molecule has 0 aliphatic carbocycles. The monoisotopic (exact) mass is 271 g/mol. The minimum absolute atomic E-state index is 0.0688. The number of rotatable bonds is 3. The van der Waals surface area contributed by atoms with Gasteiger partial charge in [-0.1, -0.05) is 23.2 Å². The Bertz CT molecular complexity index is 534. The molecule has 0 aliphatic rings. The number of nitrogens with zero attached hydrogens (tertiary/aromatic N) is 1. The summed E-state index contributed by atoms with van der Waals surface area (Å²) in [4.78, 5) is 3.86. The van der Waals surface area contributed by atoms with E-state index >= 15 is 0 Å². The van der Waals surface area contributed by atoms with Crippen molar-refractivity contribution in [3.63, 3.8) is 0 Å². The van der Waals surface area contributed by atoms with Gasteiger partial charge in [-0.3, -0.25) is 4.98 Å². The lowest BCUT2D eigenvalue weighted by atomic mass is 10.3. The fraction of sp³-hybridized carbons (Fsp3) is 0.0833. The molecule has 0 fully saturated rings. The van der Waals surface area contributed by atoms with Gasteiger partial charge in [0, 0.05) is 24.0 Å². The van der Waals surface area contributed by atoms with E-state index in [4.69, 9.17) is 27.9 Å². The number of hydrogen-bond donors (Lipinski definition) is 0. The molecule has 5 heteroatoms. The molecule has 2 aromatic rings. The van der Waals surface area contributed by atoms with Crippen molar-refractivity contribution >= 4 is 23.2 Å². The zero-order valence-electron chi connectivity index (χ0n) is 8.66. The highest BCUT2D eigenvalue weighted by Gasteiger charge is 2.04. The zero-order valence-corrected chi connectivity index (χ0v) is 10.2. The van der Waals surface area contributed by atoms with Crippen molar-refractivity contribution in [3.8, 4) is 5.75 Å². The van der Waals surface area contributed by atoms with Gasteiger partial charge in [0.2, 0.25) is 0 Å². The summed E-state index contributed by atoms with van der Waals surface area (Å²) in [5.74, 6) is -0.107. The van der Waals surface area contributed by atoms with Gasteiger partial charge in [-0.25, -0.2) is 4.39 Å². The zero-order chi connectivity index (χ0) is 12.3. The summed E-state index contributed by atoms with van der Waals surface area (Å²) in [6.07, 6.45) is 3.15. The molecule has 17 heavy (non-hydrogen) atoms. The molecule has 0 spiro atoms. The van der Waals surface area contributed by atoms with E-state index in [1.807, 2.05) is 0 Å². The molecule has 0 saturated carbocycles. The molecule has 0 bridgehead atoms. The van der Waals surface area contributed by atoms with Crippen LogP contribution in [0.2, 0.25) is 10.0 Å². The predicted octanol–water partition coefficient (Wildman–Crippen LogP) is 4.11. The summed E-state index contributed by atoms with van der Waals surface area (Å²) in [6.45, 7) is 0.252. The predicted molar refractivity (Wildman–Crippen MR) is 65.0 cm³/mol. The topological polar surface area (TPSA) is 22.1 Å². The van der Waals surface area contributed by atoms with Gasteiger partial charge < -0.3 is 4.74 Å². The van der Waals surface area contributed by atoms with E-state index < -0.39 is 5.82 Å². The van der Waals surface area contributed by atoms with Gasteiger partial charge in [-0.05, 0) is 18.2 Å². The maximum atomic E-state index is 13.1. The van der Waals surface area contributed by atoms with Gasteiger partial charge in [0.05, 0.1) is 10.0 Å². The number of halogens is 3. The first-order valence-corrected chi connectivity index (χ1v) is 5.58. The Labute approximate surface area is 108 Å². The van der Waals surface area contributed by atoms with E-state index in [1.165, 1.54) is 18.3 Å². The van der Waals surface area contributed by atoms with E-state index in [0.29, 0.717) is 10.8 Å². The third-order valence-corrected chi connectivity index (χ3v) is 2.79. The standard InChI is InChI=1S/C12H8Cl2FNO/c13-10-2-1-9(5-12(10)15)17-7-8-3-4-16-6-11(8)14/h1-6H,7H2. The Kier molecular flexibility index (Phi) is 3.82. The third kappa shape index (κ3) is 3.08. The molecule has 0 amide bonds. The number of hydrogen-bond acceptors (Lipinski definition) is 2. The number of aromatic nitrogens is 1. The summed E-state index contributed by atoms with van der Waals surface area (Å²) in [5.41, 5.74) is 0.789. The fourth-order valence-electron chi connectivity index (χ4n) is 1.25. The highest BCUT2D eigenvalue weighted by Crippen LogP contribution is 2.22. The van der Waals surface area contributed by atoms with Crippen LogP contribution in [0.25, 0.3) is 0 Å². The summed E-state index contributed by atoms with van der Waals surface area (Å²) < 4.78 is 18.5. The van der Waals surface area contributed by atoms with Crippen molar-refractivity contribution < 1.29 is 9.13 Å². The second-order valence-corrected chi connectivity index (χ2v) is 4.15. The van der Waals surface area contributed by atoms with E-state index in [2.05, 4.69) is 4.98 Å². The van der Waals surface area contributed by atoms with Crippen LogP contribution < -0.4 is 4.74 Å². The van der Waals surface area contributed by atoms with Crippen molar-refractivity contribution in [2.24, 2.45) is 0 Å². The minimum atomic E-state index is -0.509. The molecular weight excluding hydrogens is 264 g/mol. The molecule has 0 N–H and O–H groups in total. The van der Waals surface area contributed by atoms with Crippen molar-refractivity contribution in [1.29, 1.82) is 0 Å². The smallest absolute Gasteiger partial charge is 0.145 e. The van der Waals surface area contributed by atoms with E-state index in [9.17, 15) is 4.39 Å².